The number of halogens is 1. The number of unbranched alkanes of at least 4 members (excludes halogenated alkanes) is 1. The Kier molecular flexibility index (Phi) is 14.9. The number of para-hydroxylation sites is 1. The molecule has 43 heavy (non-hydrogen) atoms. The smallest absolute Gasteiger partial charge is 0.328 e. The van der Waals surface area contributed by atoms with Crippen molar-refractivity contribution in [3.05, 3.63) is 53.6 Å². The molecule has 1 aliphatic heterocycles. The average molecular weight is 606 g/mol. The van der Waals surface area contributed by atoms with Gasteiger partial charge in [-0.05, 0) is 56.1 Å². The number of aliphatic carboxylic acids is 2. The normalized spacial score (nSPS) is 17.4. The molecular weight excluding hydrogens is 561 g/mol. The zero-order chi connectivity index (χ0) is 31.9. The predicted molar refractivity (Wildman–Crippen MR) is 157 cm³/mol. The molecule has 0 aliphatic carbocycles. The Morgan fingerprint density at radius 3 is 2.42 bits per heavy atom. The molecule has 1 aromatic heterocycles. The van der Waals surface area contributed by atoms with Crippen LogP contribution in [0.25, 0.3) is 5.69 Å². The number of benzene rings is 1. The van der Waals surface area contributed by atoms with Gasteiger partial charge in [-0.2, -0.15) is 0 Å². The summed E-state index contributed by atoms with van der Waals surface area (Å²) < 4.78 is 21.3. The summed E-state index contributed by atoms with van der Waals surface area (Å²) in [6.07, 6.45) is 4.22. The molecule has 1 unspecified atom stereocenters. The monoisotopic (exact) mass is 605 g/mol. The number of hydrogen-bond donors (Lipinski definition) is 4. The third kappa shape index (κ3) is 11.2. The summed E-state index contributed by atoms with van der Waals surface area (Å²) in [6.45, 7) is 8.71. The number of nitrogens with one attached hydrogen (secondary N) is 1. The van der Waals surface area contributed by atoms with E-state index in [2.05, 4.69) is 29.5 Å². The molecule has 3 rings (SSSR count). The second-order valence-corrected chi connectivity index (χ2v) is 10.8. The van der Waals surface area contributed by atoms with Crippen LogP contribution in [0, 0.1) is 17.7 Å². The number of aliphatic hydroxyl groups is 1. The second kappa shape index (κ2) is 18.1. The summed E-state index contributed by atoms with van der Waals surface area (Å²) in [4.78, 5) is 34.9. The minimum atomic E-state index is -1.26. The molecule has 1 amide bonds. The van der Waals surface area contributed by atoms with E-state index in [1.165, 1.54) is 10.7 Å². The molecule has 1 saturated heterocycles. The number of carboxylic acid groups (broad SMARTS) is 2. The summed E-state index contributed by atoms with van der Waals surface area (Å²) in [5.74, 6) is -2.78. The van der Waals surface area contributed by atoms with Gasteiger partial charge in [0.25, 0.3) is 5.91 Å². The van der Waals surface area contributed by atoms with Gasteiger partial charge in [-0.1, -0.05) is 38.1 Å². The maximum absolute atomic E-state index is 14.6. The van der Waals surface area contributed by atoms with E-state index < -0.39 is 23.9 Å². The number of nitrogens with zero attached hydrogens (tertiary/aromatic N) is 4. The van der Waals surface area contributed by atoms with Crippen LogP contribution in [-0.2, 0) is 20.7 Å². The molecule has 1 aromatic carbocycles. The average Bonchev–Trinajstić information content (AvgIpc) is 3.40. The molecule has 2 heterocycles. The lowest BCUT2D eigenvalue weighted by atomic mass is 9.88. The van der Waals surface area contributed by atoms with Gasteiger partial charge in [-0.25, -0.2) is 18.7 Å². The zero-order valence-electron chi connectivity index (χ0n) is 25.3. The highest BCUT2D eigenvalue weighted by Crippen LogP contribution is 2.25. The van der Waals surface area contributed by atoms with Crippen LogP contribution in [0.2, 0.25) is 0 Å². The standard InChI is InChI=1S/C26H40FN5O3.C4H4O4/c1-5-24(33)19-14-20(16-28-15-19)31(17-18(2)3)26(34)25-23(12-8-9-13-35-4)32(30-29-25)22-11-7-6-10-21(22)27;5-3(6)1-2-4(7)8/h6-7,10-11,18-20,24,28,33H,5,8-9,12-17H2,1-4H3;1-2H,(H,5,6)(H,7,8)/t19-,20+,24?;/m1./s1. The first-order valence-electron chi connectivity index (χ1n) is 14.5. The summed E-state index contributed by atoms with van der Waals surface area (Å²) in [6, 6.07) is 6.33. The second-order valence-electron chi connectivity index (χ2n) is 10.8. The molecule has 13 heteroatoms. The van der Waals surface area contributed by atoms with Crippen LogP contribution in [0.3, 0.4) is 0 Å². The van der Waals surface area contributed by atoms with Gasteiger partial charge in [0.1, 0.15) is 11.5 Å². The molecular formula is C30H44FN5O7. The Balaban J connectivity index is 0.000000708. The number of rotatable bonds is 14. The molecule has 1 fully saturated rings. The van der Waals surface area contributed by atoms with Crippen molar-refractivity contribution in [3.63, 3.8) is 0 Å². The van der Waals surface area contributed by atoms with E-state index in [1.807, 2.05) is 11.8 Å². The van der Waals surface area contributed by atoms with E-state index >= 15 is 0 Å². The topological polar surface area (TPSA) is 167 Å². The maximum Gasteiger partial charge on any atom is 0.328 e. The molecule has 238 valence electrons. The lowest BCUT2D eigenvalue weighted by Gasteiger charge is -2.40. The predicted octanol–water partition coefficient (Wildman–Crippen LogP) is 2.93. The lowest BCUT2D eigenvalue weighted by molar-refractivity contribution is -0.134. The van der Waals surface area contributed by atoms with Gasteiger partial charge < -0.3 is 30.3 Å². The van der Waals surface area contributed by atoms with Gasteiger partial charge in [0.05, 0.1) is 11.8 Å². The summed E-state index contributed by atoms with van der Waals surface area (Å²) in [5, 5.41) is 38.0. The van der Waals surface area contributed by atoms with Crippen LogP contribution in [-0.4, -0.2) is 98.6 Å². The molecule has 3 atom stereocenters. The number of amides is 1. The number of aliphatic hydroxyl groups excluding tert-OH is 1. The maximum atomic E-state index is 14.6. The molecule has 0 bridgehead atoms. The van der Waals surface area contributed by atoms with Crippen LogP contribution in [0.15, 0.2) is 36.4 Å². The van der Waals surface area contributed by atoms with Crippen molar-refractivity contribution in [1.29, 1.82) is 0 Å². The van der Waals surface area contributed by atoms with Crippen molar-refractivity contribution in [2.75, 3.05) is 33.4 Å². The van der Waals surface area contributed by atoms with E-state index in [9.17, 15) is 23.9 Å². The van der Waals surface area contributed by atoms with Gasteiger partial charge in [-0.15, -0.1) is 5.10 Å². The number of hydrogen-bond acceptors (Lipinski definition) is 8. The van der Waals surface area contributed by atoms with Gasteiger partial charge in [0.2, 0.25) is 0 Å². The van der Waals surface area contributed by atoms with Gasteiger partial charge in [0, 0.05) is 51.5 Å². The van der Waals surface area contributed by atoms with E-state index in [0.717, 1.165) is 25.8 Å². The van der Waals surface area contributed by atoms with Crippen LogP contribution in [0.1, 0.15) is 62.6 Å². The van der Waals surface area contributed by atoms with E-state index in [0.29, 0.717) is 50.4 Å². The first-order chi connectivity index (χ1) is 20.5. The van der Waals surface area contributed by atoms with Crippen molar-refractivity contribution in [2.45, 2.75) is 65.0 Å². The SMILES string of the molecule is CCC(O)[C@H]1CNC[C@@H](N(CC(C)C)C(=O)c2nnn(-c3ccccc3F)c2CCCCOC)C1.O=C(O)C=CC(=O)O. The number of carbonyl (C=O) groups is 3. The number of ether oxygens (including phenoxy) is 1. The molecule has 2 aromatic rings. The summed E-state index contributed by atoms with van der Waals surface area (Å²) in [5.41, 5.74) is 1.16. The van der Waals surface area contributed by atoms with Crippen LogP contribution in [0.5, 0.6) is 0 Å². The fourth-order valence-corrected chi connectivity index (χ4v) is 4.93. The van der Waals surface area contributed by atoms with Crippen molar-refractivity contribution in [3.8, 4) is 5.69 Å². The third-order valence-corrected chi connectivity index (χ3v) is 7.01. The lowest BCUT2D eigenvalue weighted by Crippen LogP contribution is -2.54. The first kappa shape index (κ1) is 35.5. The van der Waals surface area contributed by atoms with E-state index in [-0.39, 0.29) is 35.2 Å². The molecule has 0 spiro atoms. The number of carboxylic acids is 2. The zero-order valence-corrected chi connectivity index (χ0v) is 25.3. The van der Waals surface area contributed by atoms with Gasteiger partial charge in [0.15, 0.2) is 5.69 Å². The van der Waals surface area contributed by atoms with Gasteiger partial charge in [-0.3, -0.25) is 4.79 Å². The van der Waals surface area contributed by atoms with Crippen LogP contribution >= 0.6 is 0 Å². The molecule has 12 nitrogen and oxygen atoms in total. The van der Waals surface area contributed by atoms with Crippen molar-refractivity contribution in [1.82, 2.24) is 25.2 Å². The Hall–Kier alpha value is -3.68. The van der Waals surface area contributed by atoms with Crippen molar-refractivity contribution in [2.24, 2.45) is 11.8 Å². The first-order valence-corrected chi connectivity index (χ1v) is 14.5. The van der Waals surface area contributed by atoms with Crippen LogP contribution < -0.4 is 5.32 Å². The van der Waals surface area contributed by atoms with Gasteiger partial charge >= 0.3 is 11.9 Å². The number of carbonyl (C=O) groups excluding carboxylic acids is 1. The molecule has 1 aliphatic rings. The minimum absolute atomic E-state index is 0.0650. The Morgan fingerprint density at radius 2 is 1.84 bits per heavy atom. The highest BCUT2D eigenvalue weighted by atomic mass is 19.1. The fourth-order valence-electron chi connectivity index (χ4n) is 4.93. The highest BCUT2D eigenvalue weighted by Gasteiger charge is 2.35. The Morgan fingerprint density at radius 1 is 1.16 bits per heavy atom. The summed E-state index contributed by atoms with van der Waals surface area (Å²) in [7, 11) is 1.66. The molecule has 0 saturated carbocycles. The van der Waals surface area contributed by atoms with Crippen molar-refractivity contribution >= 4 is 17.8 Å². The minimum Gasteiger partial charge on any atom is -0.478 e. The number of methoxy groups -OCH3 is 1. The highest BCUT2D eigenvalue weighted by molar-refractivity contribution is 5.93. The molecule has 0 radical (unpaired) electrons. The number of aromatic nitrogens is 3. The quantitative estimate of drug-likeness (QED) is 0.186. The third-order valence-electron chi connectivity index (χ3n) is 7.01. The van der Waals surface area contributed by atoms with E-state index in [1.54, 1.807) is 25.3 Å². The van der Waals surface area contributed by atoms with E-state index in [4.69, 9.17) is 14.9 Å². The fraction of sp³-hybridized carbons (Fsp3) is 0.567. The van der Waals surface area contributed by atoms with Crippen molar-refractivity contribution < 1.29 is 38.8 Å². The largest absolute Gasteiger partial charge is 0.478 e. The van der Waals surface area contributed by atoms with Crippen LogP contribution in [0.4, 0.5) is 4.39 Å². The number of piperidine rings is 1. The Labute approximate surface area is 251 Å². The molecule has 4 N–H and O–H groups in total. The Bertz CT molecular complexity index is 1200. The summed E-state index contributed by atoms with van der Waals surface area (Å²) >= 11 is 0.